The van der Waals surface area contributed by atoms with E-state index in [0.717, 1.165) is 29.7 Å². The minimum Gasteiger partial charge on any atom is -0.392 e. The van der Waals surface area contributed by atoms with Crippen molar-refractivity contribution >= 4 is 28.0 Å². The maximum atomic E-state index is 11.2. The largest absolute Gasteiger partial charge is 0.392 e. The number of rotatable bonds is 10. The van der Waals surface area contributed by atoms with Gasteiger partial charge in [0.05, 0.1) is 30.6 Å². The van der Waals surface area contributed by atoms with E-state index in [0.29, 0.717) is 29.9 Å². The fraction of sp³-hybridized carbons (Fsp3) is 0.600. The number of aromatic nitrogens is 6. The summed E-state index contributed by atoms with van der Waals surface area (Å²) in [5.41, 5.74) is 7.90. The molecule has 2 aliphatic rings. The van der Waals surface area contributed by atoms with Gasteiger partial charge in [-0.15, -0.1) is 0 Å². The lowest BCUT2D eigenvalue weighted by molar-refractivity contribution is -0.206. The highest BCUT2D eigenvalue weighted by molar-refractivity contribution is 5.81. The summed E-state index contributed by atoms with van der Waals surface area (Å²) in [6, 6.07) is 6.16. The van der Waals surface area contributed by atoms with Gasteiger partial charge in [0.25, 0.3) is 0 Å². The molecule has 14 nitrogen and oxygen atoms in total. The zero-order valence-electron chi connectivity index (χ0n) is 25.2. The molecule has 14 heteroatoms. The van der Waals surface area contributed by atoms with Crippen molar-refractivity contribution in [1.29, 1.82) is 0 Å². The normalized spacial score (nSPS) is 26.2. The van der Waals surface area contributed by atoms with Crippen LogP contribution in [0, 0.1) is 5.92 Å². The Morgan fingerprint density at radius 1 is 1.09 bits per heavy atom. The second-order valence-corrected chi connectivity index (χ2v) is 13.3. The topological polar surface area (TPSA) is 212 Å². The Bertz CT molecular complexity index is 1610. The monoisotopic (exact) mass is 610 g/mol. The molecule has 6 rings (SSSR count). The Morgan fingerprint density at radius 3 is 2.55 bits per heavy atom. The number of nitrogens with zero attached hydrogens (tertiary/aromatic N) is 6. The Balaban J connectivity index is 1.11. The molecule has 1 aromatic carbocycles. The maximum absolute atomic E-state index is 11.2. The minimum atomic E-state index is -1.94. The minimum absolute atomic E-state index is 0.0346. The third-order valence-electron chi connectivity index (χ3n) is 9.25. The first kappa shape index (κ1) is 30.8. The number of aryl methyl sites for hydroxylation is 1. The van der Waals surface area contributed by atoms with Crippen molar-refractivity contribution in [2.45, 2.75) is 88.2 Å². The molecule has 0 bridgehead atoms. The first-order chi connectivity index (χ1) is 20.9. The van der Waals surface area contributed by atoms with Crippen molar-refractivity contribution in [2.24, 2.45) is 5.92 Å². The third kappa shape index (κ3) is 5.55. The highest BCUT2D eigenvalue weighted by Gasteiger charge is 2.50. The van der Waals surface area contributed by atoms with Gasteiger partial charge >= 0.3 is 0 Å². The molecule has 1 saturated carbocycles. The number of nitrogen functional groups attached to an aromatic ring is 1. The molecule has 0 amide bonds. The maximum Gasteiger partial charge on any atom is 0.167 e. The van der Waals surface area contributed by atoms with Crippen LogP contribution in [0.25, 0.3) is 22.2 Å². The number of fused-ring (bicyclic) bond motifs is 2. The fourth-order valence-electron chi connectivity index (χ4n) is 6.43. The highest BCUT2D eigenvalue weighted by Crippen LogP contribution is 2.40. The number of nitrogens with two attached hydrogens (primary N) is 1. The molecular formula is C30H42N8O6. The van der Waals surface area contributed by atoms with E-state index in [4.69, 9.17) is 15.5 Å². The molecule has 1 aliphatic heterocycles. The lowest BCUT2D eigenvalue weighted by Crippen LogP contribution is -2.63. The molecule has 238 valence electrons. The van der Waals surface area contributed by atoms with Gasteiger partial charge in [0.1, 0.15) is 36.0 Å². The number of hydrogen-bond donors (Lipinski definition) is 7. The summed E-state index contributed by atoms with van der Waals surface area (Å²) in [4.78, 5) is 22.1. The van der Waals surface area contributed by atoms with E-state index in [1.54, 1.807) is 4.90 Å². The van der Waals surface area contributed by atoms with E-state index in [1.165, 1.54) is 22.8 Å². The van der Waals surface area contributed by atoms with Crippen molar-refractivity contribution in [2.75, 3.05) is 25.5 Å². The predicted octanol–water partition coefficient (Wildman–Crippen LogP) is 0.588. The van der Waals surface area contributed by atoms with Crippen molar-refractivity contribution in [3.05, 3.63) is 42.2 Å². The Hall–Kier alpha value is -3.24. The van der Waals surface area contributed by atoms with E-state index in [1.807, 2.05) is 0 Å². The lowest BCUT2D eigenvalue weighted by atomic mass is 9.75. The predicted molar refractivity (Wildman–Crippen MR) is 161 cm³/mol. The van der Waals surface area contributed by atoms with Crippen LogP contribution in [-0.2, 0) is 16.6 Å². The number of aliphatic hydroxyl groups excluding tert-OH is 4. The zero-order valence-corrected chi connectivity index (χ0v) is 25.2. The van der Waals surface area contributed by atoms with E-state index in [9.17, 15) is 25.5 Å². The molecular weight excluding hydrogens is 568 g/mol. The van der Waals surface area contributed by atoms with Crippen LogP contribution < -0.4 is 5.73 Å². The van der Waals surface area contributed by atoms with Gasteiger partial charge in [0, 0.05) is 19.0 Å². The number of benzene rings is 1. The van der Waals surface area contributed by atoms with Gasteiger partial charge in [-0.3, -0.25) is 9.47 Å². The summed E-state index contributed by atoms with van der Waals surface area (Å²) in [6.07, 6.45) is 1.17. The number of H-pyrrole nitrogens is 1. The summed E-state index contributed by atoms with van der Waals surface area (Å²) >= 11 is 0. The molecule has 8 N–H and O–H groups in total. The molecule has 4 atom stereocenters. The lowest BCUT2D eigenvalue weighted by Gasteiger charge is -2.50. The number of aromatic amines is 1. The fourth-order valence-corrected chi connectivity index (χ4v) is 6.43. The Labute approximate surface area is 254 Å². The van der Waals surface area contributed by atoms with Gasteiger partial charge in [-0.2, -0.15) is 0 Å². The summed E-state index contributed by atoms with van der Waals surface area (Å²) < 4.78 is 7.58. The van der Waals surface area contributed by atoms with Crippen LogP contribution in [-0.4, -0.2) is 110 Å². The van der Waals surface area contributed by atoms with Gasteiger partial charge in [-0.1, -0.05) is 26.8 Å². The molecule has 0 radical (unpaired) electrons. The first-order valence-corrected chi connectivity index (χ1v) is 15.1. The van der Waals surface area contributed by atoms with Crippen molar-refractivity contribution in [1.82, 2.24) is 34.4 Å². The number of ether oxygens (including phenoxy) is 1. The van der Waals surface area contributed by atoms with Crippen LogP contribution in [0.4, 0.5) is 5.82 Å². The van der Waals surface area contributed by atoms with E-state index >= 15 is 0 Å². The zero-order chi connectivity index (χ0) is 31.4. The summed E-state index contributed by atoms with van der Waals surface area (Å²) in [7, 11) is 0. The van der Waals surface area contributed by atoms with E-state index in [2.05, 4.69) is 58.9 Å². The molecule has 0 unspecified atom stereocenters. The molecule has 1 saturated heterocycles. The molecule has 44 heavy (non-hydrogen) atoms. The van der Waals surface area contributed by atoms with Crippen molar-refractivity contribution in [3.63, 3.8) is 0 Å². The Kier molecular flexibility index (Phi) is 8.11. The SMILES string of the molecule is CC(C)(C)c1ccc2nc(CCC3CC(N(C[C@H]4O[C@@H](n5cnc6c(N)ncnc65)[C@H](O)[C@@H]4O)C(O)(CO)CO)C3)[nH]c2c1. The van der Waals surface area contributed by atoms with Crippen LogP contribution in [0.5, 0.6) is 0 Å². The molecule has 2 fully saturated rings. The Morgan fingerprint density at radius 2 is 1.84 bits per heavy atom. The average Bonchev–Trinajstić information content (AvgIpc) is 3.66. The molecule has 4 heterocycles. The van der Waals surface area contributed by atoms with Gasteiger partial charge in [0.15, 0.2) is 23.4 Å². The molecule has 1 aliphatic carbocycles. The number of aliphatic hydroxyl groups is 5. The number of hydrogen-bond acceptors (Lipinski definition) is 12. The van der Waals surface area contributed by atoms with Gasteiger partial charge in [-0.25, -0.2) is 19.9 Å². The van der Waals surface area contributed by atoms with Gasteiger partial charge < -0.3 is 41.0 Å². The van der Waals surface area contributed by atoms with Crippen LogP contribution in [0.3, 0.4) is 0 Å². The number of nitrogens with one attached hydrogen (secondary N) is 1. The number of anilines is 1. The van der Waals surface area contributed by atoms with Gasteiger partial charge in [0.2, 0.25) is 0 Å². The van der Waals surface area contributed by atoms with Crippen LogP contribution in [0.15, 0.2) is 30.9 Å². The third-order valence-corrected chi connectivity index (χ3v) is 9.25. The first-order valence-electron chi connectivity index (χ1n) is 15.1. The van der Waals surface area contributed by atoms with E-state index in [-0.39, 0.29) is 23.8 Å². The van der Waals surface area contributed by atoms with Crippen molar-refractivity contribution in [3.8, 4) is 0 Å². The second-order valence-electron chi connectivity index (χ2n) is 13.3. The summed E-state index contributed by atoms with van der Waals surface area (Å²) in [5, 5.41) is 53.2. The molecule has 4 aromatic rings. The van der Waals surface area contributed by atoms with E-state index < -0.39 is 43.5 Å². The molecule has 3 aromatic heterocycles. The average molecular weight is 611 g/mol. The highest BCUT2D eigenvalue weighted by atomic mass is 16.6. The van der Waals surface area contributed by atoms with Gasteiger partial charge in [-0.05, 0) is 48.3 Å². The summed E-state index contributed by atoms with van der Waals surface area (Å²) in [5.74, 6) is 1.45. The standard InChI is InChI=1S/C30H42N8O6/c1-29(2,3)17-5-6-19-20(10-17)36-22(35-19)7-4-16-8-18(9-16)38(30(43,12-39)13-40)11-21-24(41)25(42)28(44-21)37-15-34-23-26(31)32-14-33-27(23)37/h5-6,10,14-16,18,21,24-25,28,39-43H,4,7-9,11-13H2,1-3H3,(H,35,36)(H2,31,32,33)/t16?,18?,21-,24-,25-,28-/m1/s1. The number of imidazole rings is 2. The van der Waals surface area contributed by atoms with Crippen LogP contribution >= 0.6 is 0 Å². The smallest absolute Gasteiger partial charge is 0.167 e. The molecule has 0 spiro atoms. The van der Waals surface area contributed by atoms with Crippen molar-refractivity contribution < 1.29 is 30.3 Å². The van der Waals surface area contributed by atoms with Crippen LogP contribution in [0.1, 0.15) is 57.6 Å². The second kappa shape index (κ2) is 11.6. The quantitative estimate of drug-likeness (QED) is 0.123. The van der Waals surface area contributed by atoms with Crippen LogP contribution in [0.2, 0.25) is 0 Å². The summed E-state index contributed by atoms with van der Waals surface area (Å²) in [6.45, 7) is 5.10.